The Morgan fingerprint density at radius 2 is 2.38 bits per heavy atom. The third kappa shape index (κ3) is 2.14. The van der Waals surface area contributed by atoms with Gasteiger partial charge in [-0.2, -0.15) is 0 Å². The summed E-state index contributed by atoms with van der Waals surface area (Å²) in [4.78, 5) is 10.9. The van der Waals surface area contributed by atoms with Crippen molar-refractivity contribution in [2.75, 3.05) is 13.2 Å². The summed E-state index contributed by atoms with van der Waals surface area (Å²) in [6, 6.07) is 0. The minimum absolute atomic E-state index is 0.469. The summed E-state index contributed by atoms with van der Waals surface area (Å²) in [7, 11) is 0. The molecular formula is C11H17N3O2. The van der Waals surface area contributed by atoms with E-state index < -0.39 is 0 Å². The number of nitrogens with zero attached hydrogens (tertiary/aromatic N) is 3. The van der Waals surface area contributed by atoms with Gasteiger partial charge >= 0.3 is 0 Å². The van der Waals surface area contributed by atoms with Crippen molar-refractivity contribution in [2.45, 2.75) is 38.6 Å². The van der Waals surface area contributed by atoms with Gasteiger partial charge in [0.05, 0.1) is 18.8 Å². The van der Waals surface area contributed by atoms with Gasteiger partial charge in [-0.3, -0.25) is 4.79 Å². The highest BCUT2D eigenvalue weighted by atomic mass is 16.5. The third-order valence-corrected chi connectivity index (χ3v) is 3.06. The average Bonchev–Trinajstić information content (AvgIpc) is 2.60. The van der Waals surface area contributed by atoms with E-state index in [9.17, 15) is 4.79 Å². The van der Waals surface area contributed by atoms with Crippen molar-refractivity contribution in [3.05, 3.63) is 11.4 Å². The maximum Gasteiger partial charge on any atom is 0.172 e. The molecule has 0 bridgehead atoms. The minimum atomic E-state index is 0.469. The molecule has 0 spiro atoms. The Bertz CT molecular complexity index is 358. The van der Waals surface area contributed by atoms with Crippen LogP contribution in [-0.4, -0.2) is 34.5 Å². The van der Waals surface area contributed by atoms with Crippen LogP contribution in [0.2, 0.25) is 0 Å². The fourth-order valence-corrected chi connectivity index (χ4v) is 1.98. The Kier molecular flexibility index (Phi) is 3.66. The number of aromatic nitrogens is 3. The lowest BCUT2D eigenvalue weighted by molar-refractivity contribution is 0.111. The first-order valence-electron chi connectivity index (χ1n) is 5.83. The van der Waals surface area contributed by atoms with E-state index in [0.29, 0.717) is 31.4 Å². The molecule has 1 aliphatic carbocycles. The highest BCUT2D eigenvalue weighted by molar-refractivity contribution is 5.73. The Morgan fingerprint density at radius 3 is 2.94 bits per heavy atom. The van der Waals surface area contributed by atoms with Crippen LogP contribution in [0.5, 0.6) is 0 Å². The first-order chi connectivity index (χ1) is 7.86. The highest BCUT2D eigenvalue weighted by Crippen LogP contribution is 2.36. The normalized spacial score (nSPS) is 16.1. The first-order valence-corrected chi connectivity index (χ1v) is 5.83. The molecule has 1 heterocycles. The number of rotatable bonds is 6. The predicted octanol–water partition coefficient (Wildman–Crippen LogP) is 1.39. The van der Waals surface area contributed by atoms with Crippen LogP contribution in [0.15, 0.2) is 0 Å². The molecule has 0 aliphatic heterocycles. The Hall–Kier alpha value is -1.23. The standard InChI is InChI=1S/C11H17N3O2/c1-2-16-7-6-14-11(9-4-3-5-9)10(8-15)12-13-14/h8-9H,2-7H2,1H3. The maximum atomic E-state index is 10.9. The van der Waals surface area contributed by atoms with Gasteiger partial charge < -0.3 is 4.74 Å². The lowest BCUT2D eigenvalue weighted by Gasteiger charge is -2.26. The van der Waals surface area contributed by atoms with E-state index in [2.05, 4.69) is 10.3 Å². The van der Waals surface area contributed by atoms with E-state index in [1.165, 1.54) is 6.42 Å². The van der Waals surface area contributed by atoms with Gasteiger partial charge in [-0.15, -0.1) is 5.10 Å². The van der Waals surface area contributed by atoms with E-state index in [1.54, 1.807) is 0 Å². The molecule has 1 aromatic rings. The molecule has 0 amide bonds. The van der Waals surface area contributed by atoms with Crippen LogP contribution in [0.3, 0.4) is 0 Å². The second kappa shape index (κ2) is 5.21. The van der Waals surface area contributed by atoms with Crippen molar-refractivity contribution < 1.29 is 9.53 Å². The monoisotopic (exact) mass is 223 g/mol. The van der Waals surface area contributed by atoms with Gasteiger partial charge in [-0.25, -0.2) is 4.68 Å². The van der Waals surface area contributed by atoms with Crippen LogP contribution in [0, 0.1) is 0 Å². The van der Waals surface area contributed by atoms with Gasteiger partial charge in [0.2, 0.25) is 0 Å². The molecule has 0 radical (unpaired) electrons. The number of carbonyl (C=O) groups is 1. The van der Waals surface area contributed by atoms with Crippen LogP contribution in [0.1, 0.15) is 48.3 Å². The van der Waals surface area contributed by atoms with Gasteiger partial charge in [0.15, 0.2) is 6.29 Å². The molecule has 0 atom stereocenters. The fraction of sp³-hybridized carbons (Fsp3) is 0.727. The molecule has 1 aliphatic rings. The van der Waals surface area contributed by atoms with Crippen LogP contribution in [0.4, 0.5) is 0 Å². The van der Waals surface area contributed by atoms with Crippen LogP contribution in [0.25, 0.3) is 0 Å². The number of ether oxygens (including phenoxy) is 1. The Balaban J connectivity index is 2.10. The Labute approximate surface area is 94.8 Å². The molecule has 1 saturated carbocycles. The highest BCUT2D eigenvalue weighted by Gasteiger charge is 2.27. The second-order valence-corrected chi connectivity index (χ2v) is 4.03. The molecule has 0 unspecified atom stereocenters. The number of hydrogen-bond acceptors (Lipinski definition) is 4. The van der Waals surface area contributed by atoms with Gasteiger partial charge in [0, 0.05) is 12.5 Å². The minimum Gasteiger partial charge on any atom is -0.380 e. The summed E-state index contributed by atoms with van der Waals surface area (Å²) in [5.41, 5.74) is 1.50. The summed E-state index contributed by atoms with van der Waals surface area (Å²) in [5.74, 6) is 0.469. The number of hydrogen-bond donors (Lipinski definition) is 0. The topological polar surface area (TPSA) is 57.0 Å². The van der Waals surface area contributed by atoms with Crippen LogP contribution in [-0.2, 0) is 11.3 Å². The number of aldehydes is 1. The van der Waals surface area contributed by atoms with Gasteiger partial charge in [-0.05, 0) is 19.8 Å². The fourth-order valence-electron chi connectivity index (χ4n) is 1.98. The molecule has 2 rings (SSSR count). The molecule has 5 nitrogen and oxygen atoms in total. The molecule has 0 saturated heterocycles. The lowest BCUT2D eigenvalue weighted by Crippen LogP contribution is -2.18. The molecule has 1 fully saturated rings. The van der Waals surface area contributed by atoms with Crippen molar-refractivity contribution in [1.29, 1.82) is 0 Å². The summed E-state index contributed by atoms with van der Waals surface area (Å²) < 4.78 is 7.11. The summed E-state index contributed by atoms with van der Waals surface area (Å²) in [6.45, 7) is 3.97. The average molecular weight is 223 g/mol. The van der Waals surface area contributed by atoms with Crippen molar-refractivity contribution in [3.8, 4) is 0 Å². The lowest BCUT2D eigenvalue weighted by atomic mass is 9.82. The molecule has 16 heavy (non-hydrogen) atoms. The van der Waals surface area contributed by atoms with E-state index >= 15 is 0 Å². The molecule has 0 N–H and O–H groups in total. The SMILES string of the molecule is CCOCCn1nnc(C=O)c1C1CCC1. The predicted molar refractivity (Wildman–Crippen MR) is 58.5 cm³/mol. The van der Waals surface area contributed by atoms with Crippen LogP contribution >= 0.6 is 0 Å². The Morgan fingerprint density at radius 1 is 1.56 bits per heavy atom. The number of carbonyl (C=O) groups excluding carboxylic acids is 1. The van der Waals surface area contributed by atoms with Crippen molar-refractivity contribution in [1.82, 2.24) is 15.0 Å². The molecule has 5 heteroatoms. The van der Waals surface area contributed by atoms with Gasteiger partial charge in [-0.1, -0.05) is 11.6 Å². The van der Waals surface area contributed by atoms with E-state index in [4.69, 9.17) is 4.74 Å². The summed E-state index contributed by atoms with van der Waals surface area (Å²) in [5, 5.41) is 7.92. The van der Waals surface area contributed by atoms with E-state index in [0.717, 1.165) is 24.8 Å². The summed E-state index contributed by atoms with van der Waals surface area (Å²) >= 11 is 0. The zero-order valence-electron chi connectivity index (χ0n) is 9.56. The van der Waals surface area contributed by atoms with Gasteiger partial charge in [0.25, 0.3) is 0 Å². The molecule has 88 valence electrons. The molecule has 0 aromatic carbocycles. The largest absolute Gasteiger partial charge is 0.380 e. The van der Waals surface area contributed by atoms with E-state index in [1.807, 2.05) is 11.6 Å². The first kappa shape index (κ1) is 11.3. The zero-order chi connectivity index (χ0) is 11.4. The summed E-state index contributed by atoms with van der Waals surface area (Å²) in [6.07, 6.45) is 4.32. The van der Waals surface area contributed by atoms with Crippen molar-refractivity contribution >= 4 is 6.29 Å². The van der Waals surface area contributed by atoms with Crippen molar-refractivity contribution in [3.63, 3.8) is 0 Å². The van der Waals surface area contributed by atoms with Gasteiger partial charge in [0.1, 0.15) is 5.69 Å². The smallest absolute Gasteiger partial charge is 0.172 e. The third-order valence-electron chi connectivity index (χ3n) is 3.06. The van der Waals surface area contributed by atoms with Crippen molar-refractivity contribution in [2.24, 2.45) is 0 Å². The van der Waals surface area contributed by atoms with E-state index in [-0.39, 0.29) is 0 Å². The second-order valence-electron chi connectivity index (χ2n) is 4.03. The zero-order valence-corrected chi connectivity index (χ0v) is 9.56. The maximum absolute atomic E-state index is 10.9. The van der Waals surface area contributed by atoms with Crippen LogP contribution < -0.4 is 0 Å². The quantitative estimate of drug-likeness (QED) is 0.540. The molecular weight excluding hydrogens is 206 g/mol. The molecule has 1 aromatic heterocycles.